The van der Waals surface area contributed by atoms with Crippen LogP contribution in [0.15, 0.2) is 53.7 Å². The number of alkyl halides is 3. The number of unbranched alkanes of at least 4 members (excludes halogenated alkanes) is 1. The van der Waals surface area contributed by atoms with Crippen molar-refractivity contribution in [2.75, 3.05) is 0 Å². The van der Waals surface area contributed by atoms with Gasteiger partial charge < -0.3 is 5.32 Å². The van der Waals surface area contributed by atoms with E-state index in [-0.39, 0.29) is 12.1 Å². The molecule has 0 unspecified atom stereocenters. The number of nitrogens with zero attached hydrogens (tertiary/aromatic N) is 5. The van der Waals surface area contributed by atoms with Crippen molar-refractivity contribution in [1.82, 2.24) is 29.7 Å². The van der Waals surface area contributed by atoms with Crippen LogP contribution in [-0.2, 0) is 19.3 Å². The summed E-state index contributed by atoms with van der Waals surface area (Å²) >= 11 is 3.34. The van der Waals surface area contributed by atoms with E-state index in [4.69, 9.17) is 0 Å². The predicted octanol–water partition coefficient (Wildman–Crippen LogP) is 5.10. The molecule has 11 heteroatoms. The fourth-order valence-electron chi connectivity index (χ4n) is 3.46. The summed E-state index contributed by atoms with van der Waals surface area (Å²) < 4.78 is 45.5. The summed E-state index contributed by atoms with van der Waals surface area (Å²) in [6.07, 6.45) is 3.29. The number of carbonyl (C=O) groups excluding carboxylic acids is 1. The summed E-state index contributed by atoms with van der Waals surface area (Å²) in [7, 11) is 0. The van der Waals surface area contributed by atoms with E-state index in [1.54, 1.807) is 29.2 Å². The lowest BCUT2D eigenvalue weighted by Crippen LogP contribution is -2.24. The molecule has 33 heavy (non-hydrogen) atoms. The molecular formula is C22H20BrF3N6O. The monoisotopic (exact) mass is 520 g/mol. The maximum Gasteiger partial charge on any atom is 0.416 e. The van der Waals surface area contributed by atoms with Crippen LogP contribution in [-0.4, -0.2) is 30.3 Å². The number of fused-ring (bicyclic) bond motifs is 1. The number of benzene rings is 1. The number of rotatable bonds is 7. The Morgan fingerprint density at radius 1 is 1.18 bits per heavy atom. The highest BCUT2D eigenvalue weighted by atomic mass is 79.9. The fraction of sp³-hybridized carbons (Fsp3) is 0.273. The van der Waals surface area contributed by atoms with Crippen LogP contribution in [0.1, 0.15) is 41.3 Å². The second kappa shape index (κ2) is 9.34. The average molecular weight is 521 g/mol. The summed E-state index contributed by atoms with van der Waals surface area (Å²) in [5.74, 6) is -0.481. The number of carbonyl (C=O) groups is 1. The summed E-state index contributed by atoms with van der Waals surface area (Å²) in [5, 5.41) is 10.7. The molecule has 1 aromatic carbocycles. The minimum absolute atomic E-state index is 0.0420. The molecule has 4 rings (SSSR count). The van der Waals surface area contributed by atoms with Crippen LogP contribution in [0.5, 0.6) is 0 Å². The molecule has 0 spiro atoms. The quantitative estimate of drug-likeness (QED) is 0.367. The normalized spacial score (nSPS) is 11.8. The Hall–Kier alpha value is -3.21. The second-order valence-corrected chi connectivity index (χ2v) is 8.41. The molecule has 172 valence electrons. The first kappa shape index (κ1) is 23.0. The SMILES string of the molecule is CCCCn1cc(C(=O)NCc2ccc(-c3ncnn4cc(Br)cc34)cc2C(F)(F)F)cn1. The Morgan fingerprint density at radius 3 is 2.76 bits per heavy atom. The van der Waals surface area contributed by atoms with Gasteiger partial charge in [0.15, 0.2) is 0 Å². The third-order valence-corrected chi connectivity index (χ3v) is 5.57. The third-order valence-electron chi connectivity index (χ3n) is 5.14. The number of aromatic nitrogens is 5. The fourth-order valence-corrected chi connectivity index (χ4v) is 3.87. The number of halogens is 4. The summed E-state index contributed by atoms with van der Waals surface area (Å²) in [6.45, 7) is 2.45. The van der Waals surface area contributed by atoms with Crippen molar-refractivity contribution in [1.29, 1.82) is 0 Å². The predicted molar refractivity (Wildman–Crippen MR) is 119 cm³/mol. The Labute approximate surface area is 195 Å². The van der Waals surface area contributed by atoms with Crippen LogP contribution < -0.4 is 5.32 Å². The van der Waals surface area contributed by atoms with E-state index in [2.05, 4.69) is 36.4 Å². The lowest BCUT2D eigenvalue weighted by molar-refractivity contribution is -0.138. The summed E-state index contributed by atoms with van der Waals surface area (Å²) in [6, 6.07) is 5.70. The molecule has 0 aliphatic carbocycles. The molecule has 3 aromatic heterocycles. The van der Waals surface area contributed by atoms with Gasteiger partial charge in [-0.25, -0.2) is 9.50 Å². The molecule has 7 nitrogen and oxygen atoms in total. The van der Waals surface area contributed by atoms with Gasteiger partial charge in [-0.3, -0.25) is 9.48 Å². The van der Waals surface area contributed by atoms with Gasteiger partial charge in [0, 0.05) is 35.5 Å². The topological polar surface area (TPSA) is 77.1 Å². The second-order valence-electron chi connectivity index (χ2n) is 7.49. The first-order chi connectivity index (χ1) is 15.8. The Balaban J connectivity index is 1.58. The number of amides is 1. The molecule has 1 amide bonds. The number of aryl methyl sites for hydroxylation is 1. The average Bonchev–Trinajstić information content (AvgIpc) is 3.41. The van der Waals surface area contributed by atoms with Gasteiger partial charge in [0.25, 0.3) is 5.91 Å². The van der Waals surface area contributed by atoms with Crippen LogP contribution >= 0.6 is 15.9 Å². The van der Waals surface area contributed by atoms with Crippen molar-refractivity contribution in [3.05, 3.63) is 70.3 Å². The lowest BCUT2D eigenvalue weighted by atomic mass is 10.0. The molecule has 0 radical (unpaired) electrons. The molecule has 0 aliphatic rings. The largest absolute Gasteiger partial charge is 0.416 e. The standard InChI is InChI=1S/C22H20BrF3N6O/c1-2-3-6-31-11-16(10-29-31)21(33)27-9-15-5-4-14(7-18(15)22(24,25)26)20-19-8-17(23)12-32(19)30-13-28-20/h4-5,7-8,10-13H,2-3,6,9H2,1H3,(H,27,33). The first-order valence-corrected chi connectivity index (χ1v) is 11.1. The Morgan fingerprint density at radius 2 is 2.00 bits per heavy atom. The zero-order chi connectivity index (χ0) is 23.6. The van der Waals surface area contributed by atoms with Crippen molar-refractivity contribution in [2.45, 2.75) is 39.0 Å². The minimum Gasteiger partial charge on any atom is -0.348 e. The lowest BCUT2D eigenvalue weighted by Gasteiger charge is -2.15. The van der Waals surface area contributed by atoms with E-state index in [9.17, 15) is 18.0 Å². The van der Waals surface area contributed by atoms with Crippen molar-refractivity contribution >= 4 is 27.4 Å². The van der Waals surface area contributed by atoms with Gasteiger partial charge >= 0.3 is 6.18 Å². The molecule has 0 atom stereocenters. The first-order valence-electron chi connectivity index (χ1n) is 10.3. The number of hydrogen-bond donors (Lipinski definition) is 1. The summed E-state index contributed by atoms with van der Waals surface area (Å²) in [4.78, 5) is 16.6. The Kier molecular flexibility index (Phi) is 6.50. The van der Waals surface area contributed by atoms with Crippen molar-refractivity contribution in [3.8, 4) is 11.3 Å². The number of nitrogens with one attached hydrogen (secondary N) is 1. The minimum atomic E-state index is -4.60. The van der Waals surface area contributed by atoms with E-state index in [1.165, 1.54) is 23.1 Å². The van der Waals surface area contributed by atoms with E-state index in [1.807, 2.05) is 6.92 Å². The van der Waals surface area contributed by atoms with Crippen LogP contribution in [0.25, 0.3) is 16.8 Å². The highest BCUT2D eigenvalue weighted by Gasteiger charge is 2.34. The van der Waals surface area contributed by atoms with Gasteiger partial charge in [-0.15, -0.1) is 0 Å². The molecule has 0 aliphatic heterocycles. The molecule has 1 N–H and O–H groups in total. The molecule has 0 saturated carbocycles. The van der Waals surface area contributed by atoms with E-state index in [0.29, 0.717) is 28.9 Å². The van der Waals surface area contributed by atoms with Gasteiger partial charge in [0.05, 0.1) is 28.5 Å². The van der Waals surface area contributed by atoms with Gasteiger partial charge in [-0.1, -0.05) is 25.5 Å². The maximum absolute atomic E-state index is 13.9. The van der Waals surface area contributed by atoms with Crippen LogP contribution in [0.2, 0.25) is 0 Å². The third kappa shape index (κ3) is 5.08. The van der Waals surface area contributed by atoms with Gasteiger partial charge in [-0.2, -0.15) is 23.4 Å². The molecular weight excluding hydrogens is 501 g/mol. The van der Waals surface area contributed by atoms with Crippen molar-refractivity contribution < 1.29 is 18.0 Å². The van der Waals surface area contributed by atoms with Gasteiger partial charge in [0.1, 0.15) is 6.33 Å². The molecule has 4 aromatic rings. The molecule has 0 bridgehead atoms. The van der Waals surface area contributed by atoms with Crippen LogP contribution in [0, 0.1) is 0 Å². The van der Waals surface area contributed by atoms with Gasteiger partial charge in [-0.05, 0) is 40.0 Å². The van der Waals surface area contributed by atoms with Gasteiger partial charge in [0.2, 0.25) is 0 Å². The van der Waals surface area contributed by atoms with E-state index >= 15 is 0 Å². The molecule has 0 fully saturated rings. The Bertz CT molecular complexity index is 1300. The van der Waals surface area contributed by atoms with Crippen LogP contribution in [0.3, 0.4) is 0 Å². The smallest absolute Gasteiger partial charge is 0.348 e. The van der Waals surface area contributed by atoms with E-state index < -0.39 is 17.6 Å². The zero-order valence-corrected chi connectivity index (χ0v) is 19.2. The number of hydrogen-bond acceptors (Lipinski definition) is 4. The highest BCUT2D eigenvalue weighted by Crippen LogP contribution is 2.35. The van der Waals surface area contributed by atoms with E-state index in [0.717, 1.165) is 23.4 Å². The molecule has 3 heterocycles. The highest BCUT2D eigenvalue weighted by molar-refractivity contribution is 9.10. The van der Waals surface area contributed by atoms with Crippen LogP contribution in [0.4, 0.5) is 13.2 Å². The summed E-state index contributed by atoms with van der Waals surface area (Å²) in [5.41, 5.74) is 0.668. The van der Waals surface area contributed by atoms with Crippen molar-refractivity contribution in [2.24, 2.45) is 0 Å². The zero-order valence-electron chi connectivity index (χ0n) is 17.6. The molecule has 0 saturated heterocycles. The maximum atomic E-state index is 13.9. The van der Waals surface area contributed by atoms with Crippen molar-refractivity contribution in [3.63, 3.8) is 0 Å².